The van der Waals surface area contributed by atoms with Crippen LogP contribution < -0.4 is 16.0 Å². The van der Waals surface area contributed by atoms with E-state index in [-0.39, 0.29) is 11.9 Å². The van der Waals surface area contributed by atoms with E-state index in [1.807, 2.05) is 30.9 Å². The van der Waals surface area contributed by atoms with Gasteiger partial charge in [0, 0.05) is 43.5 Å². The molecular formula is C22H28N8O2. The summed E-state index contributed by atoms with van der Waals surface area (Å²) in [5.41, 5.74) is 2.18. The lowest BCUT2D eigenvalue weighted by molar-refractivity contribution is -0.132. The molecule has 1 fully saturated rings. The lowest BCUT2D eigenvalue weighted by Crippen LogP contribution is -2.47. The van der Waals surface area contributed by atoms with Gasteiger partial charge in [0.1, 0.15) is 11.3 Å². The summed E-state index contributed by atoms with van der Waals surface area (Å²) in [6.07, 6.45) is 2.76. The van der Waals surface area contributed by atoms with E-state index < -0.39 is 6.10 Å². The minimum absolute atomic E-state index is 0.0983. The van der Waals surface area contributed by atoms with Gasteiger partial charge < -0.3 is 26.0 Å². The van der Waals surface area contributed by atoms with E-state index in [1.54, 1.807) is 25.4 Å². The van der Waals surface area contributed by atoms with Crippen LogP contribution in [0.25, 0.3) is 10.9 Å². The number of aliphatic hydroxyl groups excluding tert-OH is 1. The van der Waals surface area contributed by atoms with Crippen molar-refractivity contribution in [2.24, 2.45) is 0 Å². The van der Waals surface area contributed by atoms with Crippen LogP contribution in [0.15, 0.2) is 30.6 Å². The third-order valence-electron chi connectivity index (χ3n) is 5.06. The van der Waals surface area contributed by atoms with Gasteiger partial charge in [0.05, 0.1) is 18.3 Å². The molecule has 0 radical (unpaired) electrons. The summed E-state index contributed by atoms with van der Waals surface area (Å²) in [6.45, 7) is 8.14. The van der Waals surface area contributed by atoms with E-state index >= 15 is 0 Å². The van der Waals surface area contributed by atoms with Crippen LogP contribution in [0.1, 0.15) is 38.1 Å². The van der Waals surface area contributed by atoms with Gasteiger partial charge in [-0.3, -0.25) is 4.79 Å². The maximum absolute atomic E-state index is 12.0. The van der Waals surface area contributed by atoms with Gasteiger partial charge >= 0.3 is 0 Å². The smallest absolute Gasteiger partial charge is 0.236 e. The molecule has 0 spiro atoms. The van der Waals surface area contributed by atoms with Crippen LogP contribution in [-0.2, 0) is 11.3 Å². The standard InChI is InChI=1S/C22H28N8O2/c1-13(2)26-21-20-16(8-17(27-21)14(3)31)10-25-22(29-20)28-18-5-4-15(9-24-18)12-30-7-6-23-11-19(30)32/h4-5,8-10,13-14,23,31H,6-7,11-12H2,1-3H3,(H,26,27)(H,24,25,28,29)/t14-/m1/s1. The zero-order valence-corrected chi connectivity index (χ0v) is 18.5. The van der Waals surface area contributed by atoms with Crippen molar-refractivity contribution in [2.75, 3.05) is 30.3 Å². The number of amides is 1. The Morgan fingerprint density at radius 1 is 1.19 bits per heavy atom. The highest BCUT2D eigenvalue weighted by Crippen LogP contribution is 2.25. The molecule has 4 heterocycles. The highest BCUT2D eigenvalue weighted by Gasteiger charge is 2.18. The quantitative estimate of drug-likeness (QED) is 0.439. The summed E-state index contributed by atoms with van der Waals surface area (Å²) in [7, 11) is 0. The Balaban J connectivity index is 1.53. The average molecular weight is 437 g/mol. The molecule has 0 saturated carbocycles. The third-order valence-corrected chi connectivity index (χ3v) is 5.06. The molecule has 3 aromatic heterocycles. The van der Waals surface area contributed by atoms with Crippen molar-refractivity contribution >= 4 is 34.4 Å². The molecule has 1 amide bonds. The Morgan fingerprint density at radius 2 is 2.03 bits per heavy atom. The van der Waals surface area contributed by atoms with Crippen LogP contribution >= 0.6 is 0 Å². The van der Waals surface area contributed by atoms with Gasteiger partial charge in [0.25, 0.3) is 0 Å². The molecule has 1 aliphatic rings. The maximum atomic E-state index is 12.0. The summed E-state index contributed by atoms with van der Waals surface area (Å²) in [6, 6.07) is 5.73. The maximum Gasteiger partial charge on any atom is 0.236 e. The van der Waals surface area contributed by atoms with E-state index in [0.29, 0.717) is 48.4 Å². The number of carbonyl (C=O) groups is 1. The van der Waals surface area contributed by atoms with E-state index in [0.717, 1.165) is 17.5 Å². The van der Waals surface area contributed by atoms with Crippen LogP contribution in [0.4, 0.5) is 17.6 Å². The molecule has 1 atom stereocenters. The molecule has 32 heavy (non-hydrogen) atoms. The van der Waals surface area contributed by atoms with Gasteiger partial charge in [0.15, 0.2) is 5.82 Å². The lowest BCUT2D eigenvalue weighted by Gasteiger charge is -2.27. The summed E-state index contributed by atoms with van der Waals surface area (Å²) in [4.78, 5) is 31.8. The minimum atomic E-state index is -0.691. The van der Waals surface area contributed by atoms with Crippen molar-refractivity contribution in [3.8, 4) is 0 Å². The predicted octanol–water partition coefficient (Wildman–Crippen LogP) is 1.97. The van der Waals surface area contributed by atoms with Gasteiger partial charge in [-0.1, -0.05) is 6.07 Å². The number of carbonyl (C=O) groups excluding carboxylic acids is 1. The number of fused-ring (bicyclic) bond motifs is 1. The summed E-state index contributed by atoms with van der Waals surface area (Å²) < 4.78 is 0. The number of hydrogen-bond acceptors (Lipinski definition) is 9. The van der Waals surface area contributed by atoms with Crippen LogP contribution in [0, 0.1) is 0 Å². The zero-order valence-electron chi connectivity index (χ0n) is 18.5. The Labute approximate surface area is 186 Å². The van der Waals surface area contributed by atoms with Gasteiger partial charge in [-0.05, 0) is 38.5 Å². The average Bonchev–Trinajstić information content (AvgIpc) is 2.76. The molecule has 1 saturated heterocycles. The van der Waals surface area contributed by atoms with Crippen molar-refractivity contribution in [1.29, 1.82) is 0 Å². The first-order valence-electron chi connectivity index (χ1n) is 10.7. The van der Waals surface area contributed by atoms with E-state index in [2.05, 4.69) is 35.9 Å². The first-order valence-corrected chi connectivity index (χ1v) is 10.7. The van der Waals surface area contributed by atoms with Crippen LogP contribution in [-0.4, -0.2) is 61.5 Å². The number of pyridine rings is 2. The van der Waals surface area contributed by atoms with Crippen LogP contribution in [0.2, 0.25) is 0 Å². The van der Waals surface area contributed by atoms with Gasteiger partial charge in [-0.2, -0.15) is 0 Å². The minimum Gasteiger partial charge on any atom is -0.387 e. The van der Waals surface area contributed by atoms with Crippen molar-refractivity contribution < 1.29 is 9.90 Å². The number of piperazine rings is 1. The van der Waals surface area contributed by atoms with E-state index in [4.69, 9.17) is 0 Å². The summed E-state index contributed by atoms with van der Waals surface area (Å²) >= 11 is 0. The fraction of sp³-hybridized carbons (Fsp3) is 0.409. The molecular weight excluding hydrogens is 408 g/mol. The third kappa shape index (κ3) is 5.09. The van der Waals surface area contributed by atoms with Crippen molar-refractivity contribution in [3.05, 3.63) is 41.9 Å². The topological polar surface area (TPSA) is 128 Å². The number of aliphatic hydroxyl groups is 1. The number of anilines is 3. The molecule has 10 nitrogen and oxygen atoms in total. The largest absolute Gasteiger partial charge is 0.387 e. The number of nitrogens with zero attached hydrogens (tertiary/aromatic N) is 5. The van der Waals surface area contributed by atoms with Crippen LogP contribution in [0.5, 0.6) is 0 Å². The first-order chi connectivity index (χ1) is 15.4. The molecule has 168 valence electrons. The Morgan fingerprint density at radius 3 is 2.72 bits per heavy atom. The fourth-order valence-electron chi connectivity index (χ4n) is 3.45. The highest BCUT2D eigenvalue weighted by atomic mass is 16.3. The second kappa shape index (κ2) is 9.41. The number of hydrogen-bond donors (Lipinski definition) is 4. The molecule has 10 heteroatoms. The molecule has 0 aliphatic carbocycles. The summed E-state index contributed by atoms with van der Waals surface area (Å²) in [5.74, 6) is 1.70. The van der Waals surface area contributed by atoms with E-state index in [9.17, 15) is 9.90 Å². The zero-order chi connectivity index (χ0) is 22.7. The van der Waals surface area contributed by atoms with E-state index in [1.165, 1.54) is 0 Å². The Bertz CT molecular complexity index is 1100. The molecule has 4 N–H and O–H groups in total. The first kappa shape index (κ1) is 21.8. The molecule has 3 aromatic rings. The second-order valence-electron chi connectivity index (χ2n) is 8.17. The molecule has 0 aromatic carbocycles. The van der Waals surface area contributed by atoms with Gasteiger partial charge in [0.2, 0.25) is 11.9 Å². The van der Waals surface area contributed by atoms with Crippen LogP contribution in [0.3, 0.4) is 0 Å². The molecule has 0 bridgehead atoms. The second-order valence-corrected chi connectivity index (χ2v) is 8.17. The van der Waals surface area contributed by atoms with Crippen molar-refractivity contribution in [1.82, 2.24) is 30.2 Å². The monoisotopic (exact) mass is 436 g/mol. The molecule has 0 unspecified atom stereocenters. The molecule has 1 aliphatic heterocycles. The SMILES string of the molecule is CC(C)Nc1nc([C@@H](C)O)cc2cnc(Nc3ccc(CN4CCNCC4=O)cn3)nc12. The van der Waals surface area contributed by atoms with Gasteiger partial charge in [-0.25, -0.2) is 19.9 Å². The van der Waals surface area contributed by atoms with Crippen molar-refractivity contribution in [2.45, 2.75) is 39.5 Å². The summed E-state index contributed by atoms with van der Waals surface area (Å²) in [5, 5.41) is 20.2. The van der Waals surface area contributed by atoms with Crippen molar-refractivity contribution in [3.63, 3.8) is 0 Å². The molecule has 4 rings (SSSR count). The lowest BCUT2D eigenvalue weighted by atomic mass is 10.2. The Hall–Kier alpha value is -3.37. The normalized spacial score (nSPS) is 15.3. The fourth-order valence-corrected chi connectivity index (χ4v) is 3.45. The predicted molar refractivity (Wildman–Crippen MR) is 123 cm³/mol. The Kier molecular flexibility index (Phi) is 6.42. The number of rotatable bonds is 7. The van der Waals surface area contributed by atoms with Gasteiger partial charge in [-0.15, -0.1) is 0 Å². The number of nitrogens with one attached hydrogen (secondary N) is 3. The number of aromatic nitrogens is 4. The highest BCUT2D eigenvalue weighted by molar-refractivity contribution is 5.89.